The third-order valence-electron chi connectivity index (χ3n) is 3.72. The fourth-order valence-corrected chi connectivity index (χ4v) is 4.67. The number of hydrogen-bond acceptors (Lipinski definition) is 5. The Morgan fingerprint density at radius 1 is 1.48 bits per heavy atom. The first kappa shape index (κ1) is 17.9. The monoisotopic (exact) mass is 338 g/mol. The summed E-state index contributed by atoms with van der Waals surface area (Å²) in [5, 5.41) is 8.93. The van der Waals surface area contributed by atoms with Gasteiger partial charge in [-0.05, 0) is 44.5 Å². The molecule has 1 heterocycles. The van der Waals surface area contributed by atoms with Gasteiger partial charge in [-0.15, -0.1) is 0 Å². The average Bonchev–Trinajstić information content (AvgIpc) is 2.45. The van der Waals surface area contributed by atoms with Gasteiger partial charge in [0.25, 0.3) is 0 Å². The maximum Gasteiger partial charge on any atom is 0.243 e. The molecule has 1 aliphatic heterocycles. The van der Waals surface area contributed by atoms with Crippen molar-refractivity contribution in [3.8, 4) is 6.07 Å². The van der Waals surface area contributed by atoms with Crippen LogP contribution in [0.2, 0.25) is 0 Å². The van der Waals surface area contributed by atoms with Crippen molar-refractivity contribution in [3.63, 3.8) is 0 Å². The van der Waals surface area contributed by atoms with E-state index < -0.39 is 15.6 Å². The number of morpholine rings is 1. The smallest absolute Gasteiger partial charge is 0.243 e. The minimum Gasteiger partial charge on any atom is -0.382 e. The van der Waals surface area contributed by atoms with E-state index in [-0.39, 0.29) is 24.1 Å². The minimum atomic E-state index is -3.65. The lowest BCUT2D eigenvalue weighted by molar-refractivity contribution is -0.135. The first-order valence-corrected chi connectivity index (χ1v) is 8.81. The van der Waals surface area contributed by atoms with E-state index in [9.17, 15) is 8.42 Å². The number of benzene rings is 1. The fourth-order valence-electron chi connectivity index (χ4n) is 2.85. The van der Waals surface area contributed by atoms with Crippen molar-refractivity contribution in [2.75, 3.05) is 26.8 Å². The highest BCUT2D eigenvalue weighted by Crippen LogP contribution is 2.28. The molecule has 23 heavy (non-hydrogen) atoms. The largest absolute Gasteiger partial charge is 0.382 e. The van der Waals surface area contributed by atoms with Gasteiger partial charge in [0.1, 0.15) is 0 Å². The minimum absolute atomic E-state index is 0.227. The van der Waals surface area contributed by atoms with Gasteiger partial charge < -0.3 is 9.47 Å². The van der Waals surface area contributed by atoms with E-state index in [2.05, 4.69) is 0 Å². The molecular weight excluding hydrogens is 316 g/mol. The molecule has 7 heteroatoms. The van der Waals surface area contributed by atoms with Crippen molar-refractivity contribution >= 4 is 10.0 Å². The Morgan fingerprint density at radius 3 is 2.74 bits per heavy atom. The highest BCUT2D eigenvalue weighted by molar-refractivity contribution is 7.89. The highest BCUT2D eigenvalue weighted by atomic mass is 32.2. The van der Waals surface area contributed by atoms with Gasteiger partial charge >= 0.3 is 0 Å². The zero-order chi connectivity index (χ0) is 17.3. The molecule has 0 aliphatic carbocycles. The second-order valence-electron chi connectivity index (χ2n) is 6.34. The van der Waals surface area contributed by atoms with E-state index >= 15 is 0 Å². The quantitative estimate of drug-likeness (QED) is 0.834. The number of nitriles is 1. The van der Waals surface area contributed by atoms with Crippen molar-refractivity contribution in [2.45, 2.75) is 37.4 Å². The third kappa shape index (κ3) is 3.90. The molecule has 1 aromatic carbocycles. The molecule has 6 nitrogen and oxygen atoms in total. The summed E-state index contributed by atoms with van der Waals surface area (Å²) >= 11 is 0. The fraction of sp³-hybridized carbons (Fsp3) is 0.562. The van der Waals surface area contributed by atoms with Gasteiger partial charge in [-0.2, -0.15) is 9.57 Å². The predicted molar refractivity (Wildman–Crippen MR) is 85.5 cm³/mol. The number of aryl methyl sites for hydroxylation is 1. The van der Waals surface area contributed by atoms with Crippen molar-refractivity contribution in [1.82, 2.24) is 4.31 Å². The summed E-state index contributed by atoms with van der Waals surface area (Å²) in [4.78, 5) is 0.227. The lowest BCUT2D eigenvalue weighted by Gasteiger charge is -2.41. The molecule has 0 aromatic heterocycles. The Hall–Kier alpha value is -1.46. The second-order valence-corrected chi connectivity index (χ2v) is 8.25. The molecule has 0 bridgehead atoms. The van der Waals surface area contributed by atoms with Crippen LogP contribution in [0.1, 0.15) is 25.0 Å². The third-order valence-corrected chi connectivity index (χ3v) is 5.70. The van der Waals surface area contributed by atoms with Gasteiger partial charge in [0, 0.05) is 20.2 Å². The number of nitrogens with zero attached hydrogens (tertiary/aromatic N) is 2. The molecule has 0 saturated carbocycles. The van der Waals surface area contributed by atoms with Crippen molar-refractivity contribution in [3.05, 3.63) is 29.3 Å². The zero-order valence-electron chi connectivity index (χ0n) is 13.9. The summed E-state index contributed by atoms with van der Waals surface area (Å²) in [5.41, 5.74) is 0.423. The molecule has 1 aromatic rings. The van der Waals surface area contributed by atoms with E-state index in [0.717, 1.165) is 0 Å². The van der Waals surface area contributed by atoms with Crippen LogP contribution in [0.15, 0.2) is 23.1 Å². The summed E-state index contributed by atoms with van der Waals surface area (Å²) < 4.78 is 38.4. The van der Waals surface area contributed by atoms with Crippen LogP contribution in [-0.4, -0.2) is 51.2 Å². The molecule has 1 saturated heterocycles. The van der Waals surface area contributed by atoms with Crippen LogP contribution in [0.5, 0.6) is 0 Å². The van der Waals surface area contributed by atoms with E-state index in [1.807, 2.05) is 19.9 Å². The van der Waals surface area contributed by atoms with Gasteiger partial charge in [-0.25, -0.2) is 8.42 Å². The first-order valence-electron chi connectivity index (χ1n) is 7.37. The standard InChI is InChI=1S/C16H22N2O4S/c1-12-7-13(8-17)5-6-15(12)23(19,20)18-9-14(10-21-4)22-16(2,3)11-18/h5-7,14H,9-11H2,1-4H3/t14-/m1/s1. The van der Waals surface area contributed by atoms with Gasteiger partial charge in [-0.1, -0.05) is 0 Å². The predicted octanol–water partition coefficient (Wildman–Crippen LogP) is 1.68. The van der Waals surface area contributed by atoms with Crippen molar-refractivity contribution in [2.24, 2.45) is 0 Å². The van der Waals surface area contributed by atoms with Crippen LogP contribution >= 0.6 is 0 Å². The van der Waals surface area contributed by atoms with Gasteiger partial charge in [-0.3, -0.25) is 0 Å². The molecule has 0 amide bonds. The van der Waals surface area contributed by atoms with Crippen LogP contribution in [0.25, 0.3) is 0 Å². The van der Waals surface area contributed by atoms with Crippen LogP contribution in [0.3, 0.4) is 0 Å². The molecule has 126 valence electrons. The van der Waals surface area contributed by atoms with Gasteiger partial charge in [0.15, 0.2) is 0 Å². The molecule has 0 N–H and O–H groups in total. The Bertz CT molecular complexity index is 722. The summed E-state index contributed by atoms with van der Waals surface area (Å²) in [6.07, 6.45) is -0.308. The Kier molecular flexibility index (Phi) is 5.11. The van der Waals surface area contributed by atoms with Gasteiger partial charge in [0.2, 0.25) is 10.0 Å². The number of methoxy groups -OCH3 is 1. The summed E-state index contributed by atoms with van der Waals surface area (Å²) in [6, 6.07) is 6.63. The van der Waals surface area contributed by atoms with Crippen LogP contribution in [0, 0.1) is 18.3 Å². The Balaban J connectivity index is 2.36. The topological polar surface area (TPSA) is 79.6 Å². The van der Waals surface area contributed by atoms with Gasteiger partial charge in [0.05, 0.1) is 34.8 Å². The Morgan fingerprint density at radius 2 is 2.17 bits per heavy atom. The maximum absolute atomic E-state index is 13.0. The summed E-state index contributed by atoms with van der Waals surface area (Å²) in [6.45, 7) is 6.29. The average molecular weight is 338 g/mol. The number of ether oxygens (including phenoxy) is 2. The normalized spacial score (nSPS) is 21.8. The highest BCUT2D eigenvalue weighted by Gasteiger charge is 2.39. The van der Waals surface area contributed by atoms with Crippen LogP contribution in [-0.2, 0) is 19.5 Å². The van der Waals surface area contributed by atoms with Crippen LogP contribution < -0.4 is 0 Å². The summed E-state index contributed by atoms with van der Waals surface area (Å²) in [5.74, 6) is 0. The molecule has 1 atom stereocenters. The maximum atomic E-state index is 13.0. The molecular formula is C16H22N2O4S. The number of sulfonamides is 1. The molecule has 0 unspecified atom stereocenters. The van der Waals surface area contributed by atoms with E-state index in [0.29, 0.717) is 17.7 Å². The molecule has 0 radical (unpaired) electrons. The number of hydrogen-bond donors (Lipinski definition) is 0. The zero-order valence-corrected chi connectivity index (χ0v) is 14.7. The summed E-state index contributed by atoms with van der Waals surface area (Å²) in [7, 11) is -2.09. The molecule has 1 fully saturated rings. The van der Waals surface area contributed by atoms with Crippen LogP contribution in [0.4, 0.5) is 0 Å². The van der Waals surface area contributed by atoms with E-state index in [1.165, 1.54) is 16.4 Å². The molecule has 2 rings (SSSR count). The molecule has 0 spiro atoms. The van der Waals surface area contributed by atoms with Crippen molar-refractivity contribution < 1.29 is 17.9 Å². The van der Waals surface area contributed by atoms with Crippen molar-refractivity contribution in [1.29, 1.82) is 5.26 Å². The molecule has 1 aliphatic rings. The lowest BCUT2D eigenvalue weighted by Crippen LogP contribution is -2.55. The second kappa shape index (κ2) is 6.57. The first-order chi connectivity index (χ1) is 10.7. The Labute approximate surface area is 137 Å². The van der Waals surface area contributed by atoms with E-state index in [1.54, 1.807) is 20.1 Å². The number of rotatable bonds is 4. The lowest BCUT2D eigenvalue weighted by atomic mass is 10.1. The SMILES string of the molecule is COC[C@H]1CN(S(=O)(=O)c2ccc(C#N)cc2C)CC(C)(C)O1. The van der Waals surface area contributed by atoms with E-state index in [4.69, 9.17) is 14.7 Å².